The highest BCUT2D eigenvalue weighted by Gasteiger charge is 2.35. The Labute approximate surface area is 168 Å². The van der Waals surface area contributed by atoms with E-state index in [9.17, 15) is 4.79 Å². The average molecular weight is 409 g/mol. The zero-order valence-corrected chi connectivity index (χ0v) is 16.9. The number of nitrogens with zero attached hydrogens (tertiary/aromatic N) is 4. The van der Waals surface area contributed by atoms with E-state index >= 15 is 0 Å². The summed E-state index contributed by atoms with van der Waals surface area (Å²) < 4.78 is 5.48. The summed E-state index contributed by atoms with van der Waals surface area (Å²) in [6, 6.07) is 0. The molecule has 0 saturated heterocycles. The van der Waals surface area contributed by atoms with Crippen LogP contribution in [0.15, 0.2) is 6.20 Å². The lowest BCUT2D eigenvalue weighted by Gasteiger charge is -2.21. The normalized spacial score (nSPS) is 15.0. The molecule has 1 amide bonds. The van der Waals surface area contributed by atoms with Gasteiger partial charge in [-0.2, -0.15) is 4.98 Å². The first-order valence-electron chi connectivity index (χ1n) is 8.42. The van der Waals surface area contributed by atoms with E-state index in [1.807, 2.05) is 18.7 Å². The van der Waals surface area contributed by atoms with Crippen molar-refractivity contribution < 1.29 is 9.53 Å². The smallest absolute Gasteiger partial charge is 0.234 e. The van der Waals surface area contributed by atoms with Crippen LogP contribution in [0.5, 0.6) is 5.75 Å². The van der Waals surface area contributed by atoms with E-state index in [1.54, 1.807) is 13.3 Å². The Balaban J connectivity index is 0.00000280. The van der Waals surface area contributed by atoms with E-state index in [4.69, 9.17) is 27.9 Å². The van der Waals surface area contributed by atoms with Crippen LogP contribution < -0.4 is 32.8 Å². The first-order valence-corrected chi connectivity index (χ1v) is 8.79. The maximum absolute atomic E-state index is 11.8. The summed E-state index contributed by atoms with van der Waals surface area (Å²) >= 11 is 6.31. The number of pyridine rings is 1. The number of aromatic nitrogens is 3. The van der Waals surface area contributed by atoms with Crippen LogP contribution in [0.1, 0.15) is 34.7 Å². The second kappa shape index (κ2) is 8.55. The van der Waals surface area contributed by atoms with E-state index in [-0.39, 0.29) is 35.5 Å². The van der Waals surface area contributed by atoms with Crippen LogP contribution in [0.2, 0.25) is 5.15 Å². The van der Waals surface area contributed by atoms with Crippen molar-refractivity contribution in [1.82, 2.24) is 26.5 Å². The Hall–Kier alpha value is -2.69. The summed E-state index contributed by atoms with van der Waals surface area (Å²) in [6.07, 6.45) is 1.95. The molecule has 2 aromatic heterocycles. The van der Waals surface area contributed by atoms with Gasteiger partial charge in [0.2, 0.25) is 11.9 Å². The minimum absolute atomic E-state index is 0. The highest BCUT2D eigenvalue weighted by molar-refractivity contribution is 6.30. The van der Waals surface area contributed by atoms with Gasteiger partial charge in [0.15, 0.2) is 0 Å². The summed E-state index contributed by atoms with van der Waals surface area (Å²) in [7, 11) is 1.64. The summed E-state index contributed by atoms with van der Waals surface area (Å²) in [5.41, 5.74) is 11.4. The highest BCUT2D eigenvalue weighted by atomic mass is 35.5. The van der Waals surface area contributed by atoms with Gasteiger partial charge in [0.05, 0.1) is 19.3 Å². The number of anilines is 2. The first kappa shape index (κ1) is 21.6. The fourth-order valence-corrected chi connectivity index (χ4v) is 3.81. The third kappa shape index (κ3) is 3.93. The fraction of sp³-hybridized carbons (Fsp3) is 0.412. The van der Waals surface area contributed by atoms with Crippen LogP contribution in [-0.4, -0.2) is 34.5 Å². The van der Waals surface area contributed by atoms with Gasteiger partial charge in [-0.1, -0.05) is 11.6 Å². The van der Waals surface area contributed by atoms with Crippen molar-refractivity contribution in [3.05, 3.63) is 33.7 Å². The number of nitrogen functional groups attached to an aromatic ring is 1. The number of hydrazine groups is 1. The SMILES string of the molecule is COc1c(C)cnc(CN2C[C@H](CC(=O)NN)c3c(Cl)nc(N)nc32)c1C.N. The molecule has 11 heteroatoms. The number of halogens is 1. The van der Waals surface area contributed by atoms with Crippen LogP contribution in [0, 0.1) is 13.8 Å². The molecule has 1 aliphatic rings. The second-order valence-electron chi connectivity index (χ2n) is 6.51. The number of nitrogens with two attached hydrogens (primary N) is 2. The van der Waals surface area contributed by atoms with Crippen molar-refractivity contribution >= 4 is 29.3 Å². The van der Waals surface area contributed by atoms with Gasteiger partial charge < -0.3 is 21.5 Å². The van der Waals surface area contributed by atoms with E-state index in [2.05, 4.69) is 20.4 Å². The zero-order valence-electron chi connectivity index (χ0n) is 16.1. The number of rotatable bonds is 5. The van der Waals surface area contributed by atoms with E-state index in [0.29, 0.717) is 24.5 Å². The molecular weight excluding hydrogens is 384 g/mol. The lowest BCUT2D eigenvalue weighted by atomic mass is 10.0. The molecule has 0 aromatic carbocycles. The van der Waals surface area contributed by atoms with Crippen LogP contribution in [0.3, 0.4) is 0 Å². The van der Waals surface area contributed by atoms with Crippen LogP contribution in [0.25, 0.3) is 0 Å². The third-order valence-electron chi connectivity index (χ3n) is 4.73. The van der Waals surface area contributed by atoms with Gasteiger partial charge in [0, 0.05) is 41.8 Å². The largest absolute Gasteiger partial charge is 0.496 e. The summed E-state index contributed by atoms with van der Waals surface area (Å²) in [4.78, 5) is 26.7. The maximum Gasteiger partial charge on any atom is 0.234 e. The molecule has 10 nitrogen and oxygen atoms in total. The van der Waals surface area contributed by atoms with Gasteiger partial charge in [-0.15, -0.1) is 0 Å². The van der Waals surface area contributed by atoms with Crippen molar-refractivity contribution in [2.75, 3.05) is 24.3 Å². The molecular formula is C17H25ClN8O2. The predicted molar refractivity (Wildman–Crippen MR) is 107 cm³/mol. The maximum atomic E-state index is 11.8. The molecule has 3 heterocycles. The number of methoxy groups -OCH3 is 1. The Morgan fingerprint density at radius 1 is 1.43 bits per heavy atom. The zero-order chi connectivity index (χ0) is 19.7. The molecule has 28 heavy (non-hydrogen) atoms. The number of aryl methyl sites for hydroxylation is 1. The van der Waals surface area contributed by atoms with Gasteiger partial charge >= 0.3 is 0 Å². The predicted octanol–water partition coefficient (Wildman–Crippen LogP) is 1.38. The molecule has 3 rings (SSSR count). The van der Waals surface area contributed by atoms with Gasteiger partial charge in [-0.25, -0.2) is 10.8 Å². The number of hydrogen-bond donors (Lipinski definition) is 4. The van der Waals surface area contributed by atoms with Crippen molar-refractivity contribution in [2.45, 2.75) is 32.7 Å². The Bertz CT molecular complexity index is 892. The highest BCUT2D eigenvalue weighted by Crippen LogP contribution is 2.41. The molecule has 152 valence electrons. The van der Waals surface area contributed by atoms with Crippen molar-refractivity contribution in [1.29, 1.82) is 0 Å². The minimum atomic E-state index is -0.285. The molecule has 0 aliphatic carbocycles. The number of fused-ring (bicyclic) bond motifs is 1. The van der Waals surface area contributed by atoms with Crippen LogP contribution in [0.4, 0.5) is 11.8 Å². The van der Waals surface area contributed by atoms with Gasteiger partial charge in [0.25, 0.3) is 0 Å². The van der Waals surface area contributed by atoms with Crippen LogP contribution in [-0.2, 0) is 11.3 Å². The van der Waals surface area contributed by atoms with Crippen LogP contribution >= 0.6 is 11.6 Å². The number of nitrogens with one attached hydrogen (secondary N) is 1. The van der Waals surface area contributed by atoms with E-state index in [1.165, 1.54) is 0 Å². The number of amides is 1. The van der Waals surface area contributed by atoms with Crippen molar-refractivity contribution in [3.8, 4) is 5.75 Å². The Morgan fingerprint density at radius 3 is 2.79 bits per heavy atom. The summed E-state index contributed by atoms with van der Waals surface area (Å²) in [5.74, 6) is 6.26. The number of hydrogen-bond acceptors (Lipinski definition) is 9. The summed E-state index contributed by atoms with van der Waals surface area (Å²) in [6.45, 7) is 4.91. The van der Waals surface area contributed by atoms with Crippen molar-refractivity contribution in [2.24, 2.45) is 5.84 Å². The summed E-state index contributed by atoms with van der Waals surface area (Å²) in [5, 5.41) is 0.251. The monoisotopic (exact) mass is 408 g/mol. The lowest BCUT2D eigenvalue weighted by Crippen LogP contribution is -2.32. The van der Waals surface area contributed by atoms with Gasteiger partial charge in [0.1, 0.15) is 16.7 Å². The molecule has 1 aliphatic heterocycles. The van der Waals surface area contributed by atoms with Crippen molar-refractivity contribution in [3.63, 3.8) is 0 Å². The fourth-order valence-electron chi connectivity index (χ4n) is 3.48. The van der Waals surface area contributed by atoms with Gasteiger partial charge in [-0.05, 0) is 13.8 Å². The number of carbonyl (C=O) groups is 1. The first-order chi connectivity index (χ1) is 12.8. The molecule has 0 saturated carbocycles. The Morgan fingerprint density at radius 2 is 2.14 bits per heavy atom. The minimum Gasteiger partial charge on any atom is -0.496 e. The molecule has 0 radical (unpaired) electrons. The van der Waals surface area contributed by atoms with Gasteiger partial charge in [-0.3, -0.25) is 15.2 Å². The number of carbonyl (C=O) groups excluding carboxylic acids is 1. The average Bonchev–Trinajstić information content (AvgIpc) is 2.95. The molecule has 2 aromatic rings. The third-order valence-corrected chi connectivity index (χ3v) is 5.02. The topological polar surface area (TPSA) is 167 Å². The Kier molecular flexibility index (Phi) is 6.60. The van der Waals surface area contributed by atoms with E-state index in [0.717, 1.165) is 22.6 Å². The molecule has 0 fully saturated rings. The molecule has 1 atom stereocenters. The number of ether oxygens (including phenoxy) is 1. The molecule has 0 unspecified atom stereocenters. The second-order valence-corrected chi connectivity index (χ2v) is 6.86. The standard InChI is InChI=1S/C17H22ClN7O2.H3N/c1-8-5-21-11(9(2)14(8)27-3)7-25-6-10(4-12(26)24-20)13-15(18)22-17(19)23-16(13)25;/h5,10H,4,6-7,20H2,1-3H3,(H,24,26)(H2,19,22,23);1H3/t10-;/m0./s1. The molecule has 0 bridgehead atoms. The molecule has 0 spiro atoms. The molecule has 8 N–H and O–H groups in total. The quantitative estimate of drug-likeness (QED) is 0.247. The lowest BCUT2D eigenvalue weighted by molar-refractivity contribution is -0.121. The van der Waals surface area contributed by atoms with E-state index < -0.39 is 0 Å².